The van der Waals surface area contributed by atoms with Gasteiger partial charge in [-0.15, -0.1) is 0 Å². The Morgan fingerprint density at radius 1 is 1.33 bits per heavy atom. The number of hydrogen-bond acceptors (Lipinski definition) is 4. The van der Waals surface area contributed by atoms with Crippen molar-refractivity contribution in [2.24, 2.45) is 5.41 Å². The summed E-state index contributed by atoms with van der Waals surface area (Å²) in [6.45, 7) is 9.95. The zero-order valence-electron chi connectivity index (χ0n) is 15.6. The zero-order chi connectivity index (χ0) is 17.0. The molecule has 0 aliphatic carbocycles. The van der Waals surface area contributed by atoms with Gasteiger partial charge in [-0.3, -0.25) is 9.88 Å². The van der Waals surface area contributed by atoms with E-state index in [0.717, 1.165) is 19.7 Å². The molecule has 0 radical (unpaired) electrons. The first-order valence-corrected chi connectivity index (χ1v) is 9.49. The number of likely N-dealkylation sites (tertiary alicyclic amines) is 1. The summed E-state index contributed by atoms with van der Waals surface area (Å²) >= 11 is 0. The van der Waals surface area contributed by atoms with Crippen LogP contribution >= 0.6 is 0 Å². The molecule has 2 aliphatic rings. The highest BCUT2D eigenvalue weighted by molar-refractivity contribution is 5.08. The molecule has 4 nitrogen and oxygen atoms in total. The summed E-state index contributed by atoms with van der Waals surface area (Å²) in [6.07, 6.45) is 9.38. The van der Waals surface area contributed by atoms with Crippen LogP contribution in [-0.2, 0) is 11.3 Å². The van der Waals surface area contributed by atoms with Gasteiger partial charge in [0.15, 0.2) is 0 Å². The summed E-state index contributed by atoms with van der Waals surface area (Å²) in [5.41, 5.74) is 1.77. The van der Waals surface area contributed by atoms with Crippen LogP contribution in [0.1, 0.15) is 45.1 Å². The van der Waals surface area contributed by atoms with E-state index in [-0.39, 0.29) is 0 Å². The fraction of sp³-hybridized carbons (Fsp3) is 0.750. The van der Waals surface area contributed by atoms with Crippen LogP contribution in [0.3, 0.4) is 0 Å². The molecule has 0 aromatic carbocycles. The van der Waals surface area contributed by atoms with E-state index in [2.05, 4.69) is 41.7 Å². The van der Waals surface area contributed by atoms with Crippen molar-refractivity contribution in [2.45, 2.75) is 58.2 Å². The monoisotopic (exact) mass is 331 g/mol. The van der Waals surface area contributed by atoms with Crippen molar-refractivity contribution in [1.29, 1.82) is 0 Å². The second-order valence-electron chi connectivity index (χ2n) is 8.14. The van der Waals surface area contributed by atoms with Crippen molar-refractivity contribution < 1.29 is 4.74 Å². The van der Waals surface area contributed by atoms with E-state index in [9.17, 15) is 0 Å². The van der Waals surface area contributed by atoms with Gasteiger partial charge in [-0.05, 0) is 76.7 Å². The van der Waals surface area contributed by atoms with Gasteiger partial charge < -0.3 is 9.64 Å². The van der Waals surface area contributed by atoms with Crippen molar-refractivity contribution in [3.05, 3.63) is 30.1 Å². The van der Waals surface area contributed by atoms with Crippen LogP contribution in [-0.4, -0.2) is 60.2 Å². The van der Waals surface area contributed by atoms with Crippen LogP contribution in [0.25, 0.3) is 0 Å². The first-order valence-electron chi connectivity index (χ1n) is 9.49. The van der Waals surface area contributed by atoms with E-state index in [1.165, 1.54) is 44.3 Å². The Kier molecular flexibility index (Phi) is 5.90. The van der Waals surface area contributed by atoms with Gasteiger partial charge in [-0.25, -0.2) is 0 Å². The van der Waals surface area contributed by atoms with Crippen molar-refractivity contribution >= 4 is 0 Å². The van der Waals surface area contributed by atoms with Gasteiger partial charge in [-0.2, -0.15) is 0 Å². The molecule has 1 unspecified atom stereocenters. The maximum absolute atomic E-state index is 6.28. The average Bonchev–Trinajstić information content (AvgIpc) is 2.60. The van der Waals surface area contributed by atoms with E-state index in [1.807, 2.05) is 18.5 Å². The lowest BCUT2D eigenvalue weighted by atomic mass is 9.73. The number of nitrogens with zero attached hydrogens (tertiary/aromatic N) is 3. The molecule has 0 N–H and O–H groups in total. The van der Waals surface area contributed by atoms with Crippen LogP contribution in [0.5, 0.6) is 0 Å². The Morgan fingerprint density at radius 3 is 2.71 bits per heavy atom. The molecule has 3 heterocycles. The molecule has 4 heteroatoms. The molecule has 24 heavy (non-hydrogen) atoms. The molecule has 1 aromatic heterocycles. The van der Waals surface area contributed by atoms with E-state index >= 15 is 0 Å². The van der Waals surface area contributed by atoms with Gasteiger partial charge in [0.1, 0.15) is 0 Å². The van der Waals surface area contributed by atoms with E-state index < -0.39 is 0 Å². The summed E-state index contributed by atoms with van der Waals surface area (Å²) in [6, 6.07) is 4.81. The molecule has 3 rings (SSSR count). The van der Waals surface area contributed by atoms with E-state index in [4.69, 9.17) is 4.74 Å². The molecule has 1 atom stereocenters. The Morgan fingerprint density at radius 2 is 2.12 bits per heavy atom. The fourth-order valence-electron chi connectivity index (χ4n) is 3.92. The molecule has 1 aromatic rings. The molecule has 0 amide bonds. The number of pyridine rings is 1. The first-order chi connectivity index (χ1) is 11.6. The summed E-state index contributed by atoms with van der Waals surface area (Å²) in [5, 5.41) is 0. The Bertz CT molecular complexity index is 487. The summed E-state index contributed by atoms with van der Waals surface area (Å²) < 4.78 is 6.28. The molecule has 134 valence electrons. The van der Waals surface area contributed by atoms with Gasteiger partial charge >= 0.3 is 0 Å². The lowest BCUT2D eigenvalue weighted by Gasteiger charge is -2.46. The molecule has 0 saturated carbocycles. The minimum Gasteiger partial charge on any atom is -0.376 e. The third kappa shape index (κ3) is 4.56. The molecule has 1 spiro atoms. The number of ether oxygens (including phenoxy) is 1. The largest absolute Gasteiger partial charge is 0.376 e. The van der Waals surface area contributed by atoms with Gasteiger partial charge in [0.05, 0.1) is 12.7 Å². The minimum absolute atomic E-state index is 0.427. The summed E-state index contributed by atoms with van der Waals surface area (Å²) in [5.74, 6) is 0. The topological polar surface area (TPSA) is 28.6 Å². The molecule has 0 bridgehead atoms. The minimum atomic E-state index is 0.427. The van der Waals surface area contributed by atoms with Crippen molar-refractivity contribution in [2.75, 3.05) is 33.3 Å². The highest BCUT2D eigenvalue weighted by Gasteiger charge is 2.39. The van der Waals surface area contributed by atoms with E-state index in [0.29, 0.717) is 17.6 Å². The average molecular weight is 332 g/mol. The first kappa shape index (κ1) is 17.8. The predicted octanol–water partition coefficient (Wildman–Crippen LogP) is 3.18. The number of piperidine rings is 1. The fourth-order valence-corrected chi connectivity index (χ4v) is 3.92. The Labute approximate surface area is 147 Å². The van der Waals surface area contributed by atoms with Gasteiger partial charge in [0.2, 0.25) is 0 Å². The highest BCUT2D eigenvalue weighted by Crippen LogP contribution is 2.40. The zero-order valence-corrected chi connectivity index (χ0v) is 15.6. The van der Waals surface area contributed by atoms with Crippen molar-refractivity contribution in [1.82, 2.24) is 14.8 Å². The van der Waals surface area contributed by atoms with E-state index in [1.54, 1.807) is 0 Å². The SMILES string of the molecule is CC(C)N(C)CC1CCC2(CCN(Cc3cccnc3)CC2)CO1. The molecule has 2 saturated heterocycles. The standard InChI is InChI=1S/C20H33N3O/c1-17(2)22(3)15-19-6-7-20(16-24-19)8-11-23(12-9-20)14-18-5-4-10-21-13-18/h4-5,10,13,17,19H,6-9,11-12,14-16H2,1-3H3. The Hall–Kier alpha value is -0.970. The maximum Gasteiger partial charge on any atom is 0.0702 e. The van der Waals surface area contributed by atoms with Gasteiger partial charge in [0.25, 0.3) is 0 Å². The smallest absolute Gasteiger partial charge is 0.0702 e. The van der Waals surface area contributed by atoms with Crippen LogP contribution in [0, 0.1) is 5.41 Å². The third-order valence-electron chi connectivity index (χ3n) is 6.04. The van der Waals surface area contributed by atoms with Gasteiger partial charge in [0, 0.05) is 31.5 Å². The molecular weight excluding hydrogens is 298 g/mol. The summed E-state index contributed by atoms with van der Waals surface area (Å²) in [7, 11) is 2.20. The van der Waals surface area contributed by atoms with Crippen LogP contribution in [0.4, 0.5) is 0 Å². The lowest BCUT2D eigenvalue weighted by Crippen LogP contribution is -2.47. The molecule has 2 aliphatic heterocycles. The van der Waals surface area contributed by atoms with Gasteiger partial charge in [-0.1, -0.05) is 6.07 Å². The second kappa shape index (κ2) is 7.94. The van der Waals surface area contributed by atoms with Crippen LogP contribution < -0.4 is 0 Å². The number of hydrogen-bond donors (Lipinski definition) is 0. The number of aromatic nitrogens is 1. The maximum atomic E-state index is 6.28. The number of rotatable bonds is 5. The van der Waals surface area contributed by atoms with Crippen LogP contribution in [0.15, 0.2) is 24.5 Å². The predicted molar refractivity (Wildman–Crippen MR) is 97.9 cm³/mol. The summed E-state index contributed by atoms with van der Waals surface area (Å²) in [4.78, 5) is 9.20. The molecular formula is C20H33N3O. The second-order valence-corrected chi connectivity index (χ2v) is 8.14. The third-order valence-corrected chi connectivity index (χ3v) is 6.04. The molecule has 2 fully saturated rings. The van der Waals surface area contributed by atoms with Crippen LogP contribution in [0.2, 0.25) is 0 Å². The Balaban J connectivity index is 1.43. The highest BCUT2D eigenvalue weighted by atomic mass is 16.5. The van der Waals surface area contributed by atoms with Crippen molar-refractivity contribution in [3.8, 4) is 0 Å². The number of likely N-dealkylation sites (N-methyl/N-ethyl adjacent to an activating group) is 1. The normalized spacial score (nSPS) is 24.8. The quantitative estimate of drug-likeness (QED) is 0.828. The lowest BCUT2D eigenvalue weighted by molar-refractivity contribution is -0.0946. The van der Waals surface area contributed by atoms with Crippen molar-refractivity contribution in [3.63, 3.8) is 0 Å².